The lowest BCUT2D eigenvalue weighted by molar-refractivity contribution is 0.0418. The van der Waals surface area contributed by atoms with Crippen LogP contribution >= 0.6 is 0 Å². The van der Waals surface area contributed by atoms with Gasteiger partial charge in [0.25, 0.3) is 0 Å². The van der Waals surface area contributed by atoms with Gasteiger partial charge in [0, 0.05) is 13.1 Å². The molecule has 0 aromatic heterocycles. The molecule has 0 atom stereocenters. The maximum atomic E-state index is 10.1. The fourth-order valence-electron chi connectivity index (χ4n) is 1.21. The van der Waals surface area contributed by atoms with Gasteiger partial charge in [-0.25, -0.2) is 0 Å². The Morgan fingerprint density at radius 3 is 2.38 bits per heavy atom. The average molecular weight is 227 g/mol. The summed E-state index contributed by atoms with van der Waals surface area (Å²) >= 11 is 0. The van der Waals surface area contributed by atoms with Crippen molar-refractivity contribution in [2.75, 3.05) is 19.6 Å². The van der Waals surface area contributed by atoms with Crippen molar-refractivity contribution in [2.45, 2.75) is 39.2 Å². The molecule has 0 saturated carbocycles. The van der Waals surface area contributed by atoms with Crippen LogP contribution in [0.25, 0.3) is 0 Å². The summed E-state index contributed by atoms with van der Waals surface area (Å²) in [5.41, 5.74) is -0.684. The van der Waals surface area contributed by atoms with Gasteiger partial charge in [-0.15, -0.1) is 6.58 Å². The van der Waals surface area contributed by atoms with E-state index in [1.807, 2.05) is 20.8 Å². The van der Waals surface area contributed by atoms with Crippen LogP contribution in [0.1, 0.15) is 33.6 Å². The van der Waals surface area contributed by atoms with Crippen LogP contribution < -0.4 is 10.6 Å². The molecule has 0 aliphatic heterocycles. The van der Waals surface area contributed by atoms with Gasteiger partial charge in [-0.1, -0.05) is 19.9 Å². The molecular formula is C12H25N3O. The molecule has 0 aromatic carbocycles. The van der Waals surface area contributed by atoms with Crippen molar-refractivity contribution in [3.63, 3.8) is 0 Å². The predicted molar refractivity (Wildman–Crippen MR) is 69.7 cm³/mol. The van der Waals surface area contributed by atoms with E-state index in [9.17, 15) is 5.11 Å². The molecule has 0 bridgehead atoms. The minimum atomic E-state index is -0.684. The molecule has 0 rings (SSSR count). The van der Waals surface area contributed by atoms with Crippen LogP contribution in [0.4, 0.5) is 0 Å². The minimum Gasteiger partial charge on any atom is -0.388 e. The predicted octanol–water partition coefficient (Wildman–Crippen LogP) is 1.28. The van der Waals surface area contributed by atoms with E-state index in [2.05, 4.69) is 22.2 Å². The lowest BCUT2D eigenvalue weighted by Gasteiger charge is -2.23. The van der Waals surface area contributed by atoms with Crippen LogP contribution in [0, 0.1) is 0 Å². The van der Waals surface area contributed by atoms with Gasteiger partial charge in [-0.3, -0.25) is 4.99 Å². The molecule has 0 spiro atoms. The highest BCUT2D eigenvalue weighted by molar-refractivity contribution is 5.79. The fourth-order valence-corrected chi connectivity index (χ4v) is 1.21. The van der Waals surface area contributed by atoms with Crippen LogP contribution in [0.2, 0.25) is 0 Å². The Morgan fingerprint density at radius 2 is 1.94 bits per heavy atom. The van der Waals surface area contributed by atoms with Gasteiger partial charge in [0.05, 0.1) is 12.1 Å². The molecule has 4 heteroatoms. The number of aliphatic imine (C=N–C) groups is 1. The molecule has 0 radical (unpaired) electrons. The van der Waals surface area contributed by atoms with E-state index in [0.29, 0.717) is 25.9 Å². The van der Waals surface area contributed by atoms with Crippen molar-refractivity contribution in [3.8, 4) is 0 Å². The molecule has 0 aliphatic carbocycles. The number of rotatable bonds is 7. The molecule has 0 aliphatic rings. The van der Waals surface area contributed by atoms with Crippen LogP contribution in [0.3, 0.4) is 0 Å². The number of hydrogen-bond acceptors (Lipinski definition) is 2. The van der Waals surface area contributed by atoms with Crippen molar-refractivity contribution in [1.29, 1.82) is 0 Å². The summed E-state index contributed by atoms with van der Waals surface area (Å²) in [6.45, 7) is 11.5. The van der Waals surface area contributed by atoms with Crippen molar-refractivity contribution in [2.24, 2.45) is 4.99 Å². The quantitative estimate of drug-likeness (QED) is 0.349. The van der Waals surface area contributed by atoms with E-state index in [4.69, 9.17) is 0 Å². The third-order valence-corrected chi connectivity index (χ3v) is 2.61. The normalized spacial score (nSPS) is 12.4. The highest BCUT2D eigenvalue weighted by Gasteiger charge is 2.21. The minimum absolute atomic E-state index is 0.423. The van der Waals surface area contributed by atoms with Crippen molar-refractivity contribution in [1.82, 2.24) is 10.6 Å². The molecule has 0 heterocycles. The van der Waals surface area contributed by atoms with Gasteiger partial charge in [-0.2, -0.15) is 0 Å². The lowest BCUT2D eigenvalue weighted by Crippen LogP contribution is -2.39. The first-order valence-corrected chi connectivity index (χ1v) is 5.97. The fraction of sp³-hybridized carbons (Fsp3) is 0.750. The summed E-state index contributed by atoms with van der Waals surface area (Å²) in [4.78, 5) is 4.36. The monoisotopic (exact) mass is 227 g/mol. The SMILES string of the molecule is C=CCNC(=NCC(O)(CC)CC)NCC. The summed E-state index contributed by atoms with van der Waals surface area (Å²) in [5, 5.41) is 16.3. The molecular weight excluding hydrogens is 202 g/mol. The van der Waals surface area contributed by atoms with Gasteiger partial charge in [-0.05, 0) is 19.8 Å². The van der Waals surface area contributed by atoms with E-state index in [1.54, 1.807) is 6.08 Å². The molecule has 0 aromatic rings. The van der Waals surface area contributed by atoms with Gasteiger partial charge < -0.3 is 15.7 Å². The first-order valence-electron chi connectivity index (χ1n) is 5.97. The van der Waals surface area contributed by atoms with Crippen LogP contribution in [0.5, 0.6) is 0 Å². The molecule has 0 saturated heterocycles. The zero-order chi connectivity index (χ0) is 12.4. The largest absolute Gasteiger partial charge is 0.388 e. The number of nitrogens with zero attached hydrogens (tertiary/aromatic N) is 1. The number of hydrogen-bond donors (Lipinski definition) is 3. The first kappa shape index (κ1) is 15.0. The van der Waals surface area contributed by atoms with Crippen molar-refractivity contribution in [3.05, 3.63) is 12.7 Å². The summed E-state index contributed by atoms with van der Waals surface area (Å²) < 4.78 is 0. The second-order valence-electron chi connectivity index (χ2n) is 3.80. The first-order chi connectivity index (χ1) is 7.61. The van der Waals surface area contributed by atoms with Crippen LogP contribution in [0.15, 0.2) is 17.6 Å². The van der Waals surface area contributed by atoms with Crippen LogP contribution in [-0.4, -0.2) is 36.3 Å². The van der Waals surface area contributed by atoms with E-state index in [0.717, 1.165) is 12.5 Å². The highest BCUT2D eigenvalue weighted by atomic mass is 16.3. The Balaban J connectivity index is 4.35. The van der Waals surface area contributed by atoms with E-state index >= 15 is 0 Å². The summed E-state index contributed by atoms with van der Waals surface area (Å²) in [5.74, 6) is 0.725. The summed E-state index contributed by atoms with van der Waals surface area (Å²) in [6.07, 6.45) is 3.21. The topological polar surface area (TPSA) is 56.7 Å². The Kier molecular flexibility index (Phi) is 7.64. The number of aliphatic hydroxyl groups is 1. The molecule has 16 heavy (non-hydrogen) atoms. The molecule has 94 valence electrons. The Hall–Kier alpha value is -1.03. The third-order valence-electron chi connectivity index (χ3n) is 2.61. The van der Waals surface area contributed by atoms with Gasteiger partial charge >= 0.3 is 0 Å². The average Bonchev–Trinajstić information content (AvgIpc) is 2.32. The zero-order valence-corrected chi connectivity index (χ0v) is 10.7. The third kappa shape index (κ3) is 5.75. The molecule has 4 nitrogen and oxygen atoms in total. The Bertz CT molecular complexity index is 222. The molecule has 0 amide bonds. The van der Waals surface area contributed by atoms with Gasteiger partial charge in [0.15, 0.2) is 5.96 Å². The Labute approximate surface area is 98.9 Å². The summed E-state index contributed by atoms with van der Waals surface area (Å²) in [6, 6.07) is 0. The molecule has 3 N–H and O–H groups in total. The van der Waals surface area contributed by atoms with Gasteiger partial charge in [0.2, 0.25) is 0 Å². The Morgan fingerprint density at radius 1 is 1.31 bits per heavy atom. The van der Waals surface area contributed by atoms with Crippen LogP contribution in [-0.2, 0) is 0 Å². The standard InChI is InChI=1S/C12H25N3O/c1-5-9-14-11(13-8-4)15-10-12(16,6-2)7-3/h5,16H,1,6-10H2,2-4H3,(H2,13,14,15). The van der Waals surface area contributed by atoms with Crippen molar-refractivity contribution < 1.29 is 5.11 Å². The number of guanidine groups is 1. The highest BCUT2D eigenvalue weighted by Crippen LogP contribution is 2.14. The maximum absolute atomic E-state index is 10.1. The molecule has 0 fully saturated rings. The maximum Gasteiger partial charge on any atom is 0.191 e. The smallest absolute Gasteiger partial charge is 0.191 e. The number of nitrogens with one attached hydrogen (secondary N) is 2. The van der Waals surface area contributed by atoms with E-state index in [-0.39, 0.29) is 0 Å². The zero-order valence-electron chi connectivity index (χ0n) is 10.7. The second kappa shape index (κ2) is 8.16. The second-order valence-corrected chi connectivity index (χ2v) is 3.80. The van der Waals surface area contributed by atoms with E-state index < -0.39 is 5.60 Å². The van der Waals surface area contributed by atoms with Gasteiger partial charge in [0.1, 0.15) is 0 Å². The molecule has 0 unspecified atom stereocenters. The van der Waals surface area contributed by atoms with Crippen molar-refractivity contribution >= 4 is 5.96 Å². The van der Waals surface area contributed by atoms with E-state index in [1.165, 1.54) is 0 Å². The summed E-state index contributed by atoms with van der Waals surface area (Å²) in [7, 11) is 0. The lowest BCUT2D eigenvalue weighted by atomic mass is 9.98.